The molecular weight excluding hydrogens is 407 g/mol. The molecule has 0 aliphatic heterocycles. The van der Waals surface area contributed by atoms with Gasteiger partial charge in [0.05, 0.1) is 21.3 Å². The molecule has 0 atom stereocenters. The molecule has 0 aromatic heterocycles. The number of carbonyl (C=O) groups excluding carboxylic acids is 2. The molecule has 2 aromatic rings. The third kappa shape index (κ3) is 6.33. The zero-order valence-corrected chi connectivity index (χ0v) is 16.3. The van der Waals surface area contributed by atoms with Crippen LogP contribution in [0.1, 0.15) is 25.3 Å². The number of rotatable bonds is 7. The summed E-state index contributed by atoms with van der Waals surface area (Å²) in [6.45, 7) is 1.65. The molecule has 0 spiro atoms. The van der Waals surface area contributed by atoms with E-state index >= 15 is 0 Å². The molecule has 0 radical (unpaired) electrons. The summed E-state index contributed by atoms with van der Waals surface area (Å²) < 4.78 is 0. The fourth-order valence-corrected chi connectivity index (χ4v) is 2.58. The number of non-ortho nitro benzene ring substituents is 1. The van der Waals surface area contributed by atoms with Crippen molar-refractivity contribution in [3.8, 4) is 0 Å². The molecule has 2 aromatic carbocycles. The molecule has 0 bridgehead atoms. The van der Waals surface area contributed by atoms with Crippen LogP contribution >= 0.6 is 23.2 Å². The van der Waals surface area contributed by atoms with Gasteiger partial charge in [-0.05, 0) is 42.8 Å². The normalized spacial score (nSPS) is 11.0. The minimum absolute atomic E-state index is 0.0348. The highest BCUT2D eigenvalue weighted by Gasteiger charge is 2.10. The number of nitro groups is 1. The Labute approximate surface area is 170 Å². The number of benzene rings is 2. The number of nitrogens with zero attached hydrogens (tertiary/aromatic N) is 2. The monoisotopic (exact) mass is 422 g/mol. The standard InChI is InChI=1S/C18H16Cl2N4O4/c1-11(12-2-5-14(6-3-12)24(27)28)22-23-18(26)9-8-17(25)21-16-7-4-13(19)10-15(16)20/h2-7,10H,8-9H2,1H3,(H,21,25)(H,23,26)/b22-11+. The van der Waals surface area contributed by atoms with Crippen molar-refractivity contribution >= 4 is 52.1 Å². The lowest BCUT2D eigenvalue weighted by molar-refractivity contribution is -0.384. The highest BCUT2D eigenvalue weighted by Crippen LogP contribution is 2.25. The molecule has 2 amide bonds. The molecule has 0 fully saturated rings. The van der Waals surface area contributed by atoms with Gasteiger partial charge in [0.2, 0.25) is 11.8 Å². The van der Waals surface area contributed by atoms with Crippen LogP contribution in [0.15, 0.2) is 47.6 Å². The number of anilines is 1. The number of hydrazone groups is 1. The van der Waals surface area contributed by atoms with Crippen LogP contribution in [0.5, 0.6) is 0 Å². The van der Waals surface area contributed by atoms with Crippen molar-refractivity contribution in [2.24, 2.45) is 5.10 Å². The number of amides is 2. The Morgan fingerprint density at radius 2 is 1.71 bits per heavy atom. The first-order chi connectivity index (χ1) is 13.3. The van der Waals surface area contributed by atoms with Gasteiger partial charge in [0.1, 0.15) is 0 Å². The summed E-state index contributed by atoms with van der Waals surface area (Å²) in [5.74, 6) is -0.825. The third-order valence-electron chi connectivity index (χ3n) is 3.63. The lowest BCUT2D eigenvalue weighted by atomic mass is 10.1. The van der Waals surface area contributed by atoms with Gasteiger partial charge in [-0.25, -0.2) is 5.43 Å². The Morgan fingerprint density at radius 3 is 2.32 bits per heavy atom. The minimum Gasteiger partial charge on any atom is -0.325 e. The zero-order valence-electron chi connectivity index (χ0n) is 14.7. The molecule has 0 saturated heterocycles. The molecule has 28 heavy (non-hydrogen) atoms. The summed E-state index contributed by atoms with van der Waals surface area (Å²) in [6.07, 6.45) is -0.134. The highest BCUT2D eigenvalue weighted by molar-refractivity contribution is 6.36. The van der Waals surface area contributed by atoms with E-state index in [9.17, 15) is 19.7 Å². The Kier molecular flexibility index (Phi) is 7.48. The molecule has 0 unspecified atom stereocenters. The second-order valence-corrected chi connectivity index (χ2v) is 6.55. The fraction of sp³-hybridized carbons (Fsp3) is 0.167. The van der Waals surface area contributed by atoms with Gasteiger partial charge in [-0.15, -0.1) is 0 Å². The van der Waals surface area contributed by atoms with Crippen LogP contribution in [0.2, 0.25) is 10.0 Å². The van der Waals surface area contributed by atoms with E-state index in [1.165, 1.54) is 30.3 Å². The van der Waals surface area contributed by atoms with Gasteiger partial charge in [-0.2, -0.15) is 5.10 Å². The summed E-state index contributed by atoms with van der Waals surface area (Å²) >= 11 is 11.8. The molecular formula is C18H16Cl2N4O4. The van der Waals surface area contributed by atoms with E-state index in [4.69, 9.17) is 23.2 Å². The molecule has 8 nitrogen and oxygen atoms in total. The van der Waals surface area contributed by atoms with Gasteiger partial charge in [-0.3, -0.25) is 19.7 Å². The van der Waals surface area contributed by atoms with Gasteiger partial charge in [0, 0.05) is 30.0 Å². The van der Waals surface area contributed by atoms with Crippen LogP contribution in [-0.4, -0.2) is 22.4 Å². The lowest BCUT2D eigenvalue weighted by Crippen LogP contribution is -2.21. The van der Waals surface area contributed by atoms with Crippen LogP contribution in [0.3, 0.4) is 0 Å². The van der Waals surface area contributed by atoms with Gasteiger partial charge < -0.3 is 5.32 Å². The first-order valence-corrected chi connectivity index (χ1v) is 8.84. The average molecular weight is 423 g/mol. The Morgan fingerprint density at radius 1 is 1.07 bits per heavy atom. The molecule has 0 saturated carbocycles. The third-order valence-corrected chi connectivity index (χ3v) is 4.18. The maximum Gasteiger partial charge on any atom is 0.269 e. The Bertz CT molecular complexity index is 930. The van der Waals surface area contributed by atoms with Crippen molar-refractivity contribution in [3.05, 3.63) is 68.2 Å². The topological polar surface area (TPSA) is 114 Å². The van der Waals surface area contributed by atoms with E-state index in [2.05, 4.69) is 15.8 Å². The largest absolute Gasteiger partial charge is 0.325 e. The maximum absolute atomic E-state index is 11.9. The van der Waals surface area contributed by atoms with Gasteiger partial charge in [0.25, 0.3) is 5.69 Å². The van der Waals surface area contributed by atoms with Crippen LogP contribution in [0.25, 0.3) is 0 Å². The average Bonchev–Trinajstić information content (AvgIpc) is 2.66. The van der Waals surface area contributed by atoms with Crippen molar-refractivity contribution in [1.82, 2.24) is 5.43 Å². The molecule has 2 rings (SSSR count). The van der Waals surface area contributed by atoms with Crippen LogP contribution in [-0.2, 0) is 9.59 Å². The van der Waals surface area contributed by atoms with Crippen molar-refractivity contribution in [1.29, 1.82) is 0 Å². The predicted octanol–water partition coefficient (Wildman–Crippen LogP) is 4.16. The van der Waals surface area contributed by atoms with Crippen LogP contribution in [0, 0.1) is 10.1 Å². The first-order valence-electron chi connectivity index (χ1n) is 8.09. The van der Waals surface area contributed by atoms with E-state index in [0.29, 0.717) is 27.0 Å². The summed E-state index contributed by atoms with van der Waals surface area (Å²) in [5.41, 5.74) is 3.82. The van der Waals surface area contributed by atoms with Crippen molar-refractivity contribution in [3.63, 3.8) is 0 Å². The summed E-state index contributed by atoms with van der Waals surface area (Å²) in [7, 11) is 0. The summed E-state index contributed by atoms with van der Waals surface area (Å²) in [6, 6.07) is 10.4. The van der Waals surface area contributed by atoms with E-state index in [-0.39, 0.29) is 24.4 Å². The van der Waals surface area contributed by atoms with Crippen molar-refractivity contribution in [2.75, 3.05) is 5.32 Å². The van der Waals surface area contributed by atoms with Gasteiger partial charge in [0.15, 0.2) is 0 Å². The van der Waals surface area contributed by atoms with E-state index in [0.717, 1.165) is 0 Å². The smallest absolute Gasteiger partial charge is 0.269 e. The van der Waals surface area contributed by atoms with Crippen molar-refractivity contribution in [2.45, 2.75) is 19.8 Å². The molecule has 2 N–H and O–H groups in total. The van der Waals surface area contributed by atoms with E-state index < -0.39 is 10.8 Å². The zero-order chi connectivity index (χ0) is 20.7. The fourth-order valence-electron chi connectivity index (χ4n) is 2.12. The Hall–Kier alpha value is -2.97. The number of carbonyl (C=O) groups is 2. The predicted molar refractivity (Wildman–Crippen MR) is 108 cm³/mol. The van der Waals surface area contributed by atoms with E-state index in [1.54, 1.807) is 19.1 Å². The number of hydrogen-bond acceptors (Lipinski definition) is 5. The van der Waals surface area contributed by atoms with E-state index in [1.807, 2.05) is 0 Å². The lowest BCUT2D eigenvalue weighted by Gasteiger charge is -2.07. The minimum atomic E-state index is -0.500. The van der Waals surface area contributed by atoms with Crippen molar-refractivity contribution < 1.29 is 14.5 Å². The first kappa shape index (κ1) is 21.3. The maximum atomic E-state index is 11.9. The number of halogens is 2. The highest BCUT2D eigenvalue weighted by atomic mass is 35.5. The Balaban J connectivity index is 1.83. The molecule has 0 aliphatic carbocycles. The summed E-state index contributed by atoms with van der Waals surface area (Å²) in [4.78, 5) is 33.9. The van der Waals surface area contributed by atoms with Gasteiger partial charge >= 0.3 is 0 Å². The quantitative estimate of drug-likeness (QED) is 0.395. The molecule has 0 aliphatic rings. The van der Waals surface area contributed by atoms with Gasteiger partial charge in [-0.1, -0.05) is 23.2 Å². The van der Waals surface area contributed by atoms with Crippen LogP contribution < -0.4 is 10.7 Å². The second-order valence-electron chi connectivity index (χ2n) is 5.71. The number of nitro benzene ring substituents is 1. The number of hydrogen-bond donors (Lipinski definition) is 2. The van der Waals surface area contributed by atoms with Crippen LogP contribution in [0.4, 0.5) is 11.4 Å². The molecule has 0 heterocycles. The number of nitrogens with one attached hydrogen (secondary N) is 2. The SMILES string of the molecule is C/C(=N\NC(=O)CCC(=O)Nc1ccc(Cl)cc1Cl)c1ccc([N+](=O)[O-])cc1. The second kappa shape index (κ2) is 9.82. The molecule has 146 valence electrons. The molecule has 10 heteroatoms. The summed E-state index contributed by atoms with van der Waals surface area (Å²) in [5, 5.41) is 17.9.